The maximum absolute atomic E-state index is 13.2. The van der Waals surface area contributed by atoms with Gasteiger partial charge in [0.25, 0.3) is 0 Å². The quantitative estimate of drug-likeness (QED) is 0.784. The molecule has 2 heterocycles. The second-order valence-corrected chi connectivity index (χ2v) is 5.78. The first-order valence-electron chi connectivity index (χ1n) is 6.51. The Balaban J connectivity index is 1.72. The zero-order valence-electron chi connectivity index (χ0n) is 10.9. The van der Waals surface area contributed by atoms with E-state index in [0.717, 1.165) is 16.2 Å². The minimum Gasteiger partial charge on any atom is -0.396 e. The van der Waals surface area contributed by atoms with Gasteiger partial charge in [-0.15, -0.1) is 11.3 Å². The van der Waals surface area contributed by atoms with Crippen LogP contribution < -0.4 is 0 Å². The highest BCUT2D eigenvalue weighted by Gasteiger charge is 2.13. The molecule has 1 N–H and O–H groups in total. The Morgan fingerprint density at radius 2 is 2.25 bits per heavy atom. The molecule has 0 radical (unpaired) electrons. The third-order valence-corrected chi connectivity index (χ3v) is 4.08. The lowest BCUT2D eigenvalue weighted by molar-refractivity contribution is 0.224. The molecule has 1 unspecified atom stereocenters. The van der Waals surface area contributed by atoms with Crippen molar-refractivity contribution in [2.24, 2.45) is 5.92 Å². The third-order valence-electron chi connectivity index (χ3n) is 3.31. The van der Waals surface area contributed by atoms with E-state index in [9.17, 15) is 9.50 Å². The van der Waals surface area contributed by atoms with Crippen LogP contribution in [0.2, 0.25) is 0 Å². The second-order valence-electron chi connectivity index (χ2n) is 4.91. The molecular weight excluding hydrogens is 275 g/mol. The van der Waals surface area contributed by atoms with Crippen molar-refractivity contribution in [1.82, 2.24) is 9.38 Å². The SMILES string of the molecule is OCC(Cc1cccc(F)c1)Cc1cn2ccsc2n1. The molecule has 0 saturated carbocycles. The summed E-state index contributed by atoms with van der Waals surface area (Å²) < 4.78 is 15.2. The average Bonchev–Trinajstić information content (AvgIpc) is 2.98. The summed E-state index contributed by atoms with van der Waals surface area (Å²) in [5.74, 6) is -0.178. The first-order valence-corrected chi connectivity index (χ1v) is 7.39. The van der Waals surface area contributed by atoms with Crippen molar-refractivity contribution in [3.63, 3.8) is 0 Å². The van der Waals surface area contributed by atoms with Gasteiger partial charge in [-0.25, -0.2) is 9.37 Å². The minimum atomic E-state index is -0.235. The van der Waals surface area contributed by atoms with E-state index in [-0.39, 0.29) is 18.3 Å². The summed E-state index contributed by atoms with van der Waals surface area (Å²) in [4.78, 5) is 5.48. The summed E-state index contributed by atoms with van der Waals surface area (Å²) in [5.41, 5.74) is 1.87. The van der Waals surface area contributed by atoms with Gasteiger partial charge in [-0.05, 0) is 36.5 Å². The van der Waals surface area contributed by atoms with Crippen LogP contribution in [0.1, 0.15) is 11.3 Å². The van der Waals surface area contributed by atoms with E-state index in [1.165, 1.54) is 12.1 Å². The molecular formula is C15H15FN2OS. The van der Waals surface area contributed by atoms with Gasteiger partial charge in [0, 0.05) is 24.4 Å². The Bertz CT molecular complexity index is 678. The molecule has 0 amide bonds. The Morgan fingerprint density at radius 1 is 1.35 bits per heavy atom. The number of rotatable bonds is 5. The van der Waals surface area contributed by atoms with Crippen LogP contribution in [-0.4, -0.2) is 21.1 Å². The lowest BCUT2D eigenvalue weighted by Crippen LogP contribution is -2.13. The minimum absolute atomic E-state index is 0.0569. The van der Waals surface area contributed by atoms with Gasteiger partial charge in [0.15, 0.2) is 4.96 Å². The number of halogens is 1. The Morgan fingerprint density at radius 3 is 3.00 bits per heavy atom. The van der Waals surface area contributed by atoms with Gasteiger partial charge in [-0.2, -0.15) is 0 Å². The molecule has 0 fully saturated rings. The maximum Gasteiger partial charge on any atom is 0.193 e. The van der Waals surface area contributed by atoms with Crippen LogP contribution in [0.4, 0.5) is 4.39 Å². The summed E-state index contributed by atoms with van der Waals surface area (Å²) in [6, 6.07) is 6.54. The Kier molecular flexibility index (Phi) is 3.80. The van der Waals surface area contributed by atoms with Crippen LogP contribution in [0.15, 0.2) is 42.0 Å². The monoisotopic (exact) mass is 290 g/mol. The summed E-state index contributed by atoms with van der Waals surface area (Å²) in [6.07, 6.45) is 5.30. The van der Waals surface area contributed by atoms with E-state index >= 15 is 0 Å². The second kappa shape index (κ2) is 5.73. The Hall–Kier alpha value is -1.72. The van der Waals surface area contributed by atoms with Crippen molar-refractivity contribution in [3.8, 4) is 0 Å². The molecule has 1 aromatic carbocycles. The first-order chi connectivity index (χ1) is 9.74. The van der Waals surface area contributed by atoms with Crippen molar-refractivity contribution in [2.45, 2.75) is 12.8 Å². The van der Waals surface area contributed by atoms with Crippen LogP contribution in [-0.2, 0) is 12.8 Å². The molecule has 0 saturated heterocycles. The van der Waals surface area contributed by atoms with Crippen molar-refractivity contribution in [2.75, 3.05) is 6.61 Å². The average molecular weight is 290 g/mol. The van der Waals surface area contributed by atoms with Gasteiger partial charge >= 0.3 is 0 Å². The summed E-state index contributed by atoms with van der Waals surface area (Å²) in [7, 11) is 0. The maximum atomic E-state index is 13.2. The van der Waals surface area contributed by atoms with Crippen LogP contribution in [0, 0.1) is 11.7 Å². The number of nitrogens with zero attached hydrogens (tertiary/aromatic N) is 2. The molecule has 20 heavy (non-hydrogen) atoms. The molecule has 1 atom stereocenters. The zero-order chi connectivity index (χ0) is 13.9. The van der Waals surface area contributed by atoms with Crippen molar-refractivity contribution in [1.29, 1.82) is 0 Å². The van der Waals surface area contributed by atoms with Gasteiger partial charge in [0.1, 0.15) is 5.82 Å². The number of hydrogen-bond acceptors (Lipinski definition) is 3. The van der Waals surface area contributed by atoms with E-state index in [4.69, 9.17) is 0 Å². The molecule has 0 bridgehead atoms. The lowest BCUT2D eigenvalue weighted by atomic mass is 9.96. The van der Waals surface area contributed by atoms with Gasteiger partial charge in [0.2, 0.25) is 0 Å². The number of aliphatic hydroxyl groups excluding tert-OH is 1. The van der Waals surface area contributed by atoms with E-state index in [0.29, 0.717) is 12.8 Å². The largest absolute Gasteiger partial charge is 0.396 e. The fourth-order valence-electron chi connectivity index (χ4n) is 2.37. The smallest absolute Gasteiger partial charge is 0.193 e. The standard InChI is InChI=1S/C15H15FN2OS/c16-13-3-1-2-11(7-13)6-12(10-19)8-14-9-18-4-5-20-15(18)17-14/h1-5,7,9,12,19H,6,8,10H2. The number of hydrogen-bond donors (Lipinski definition) is 1. The van der Waals surface area contributed by atoms with Gasteiger partial charge in [-0.1, -0.05) is 12.1 Å². The van der Waals surface area contributed by atoms with Crippen LogP contribution in [0.5, 0.6) is 0 Å². The molecule has 3 aromatic rings. The van der Waals surface area contributed by atoms with Crippen molar-refractivity contribution >= 4 is 16.3 Å². The number of thiazole rings is 1. The number of fused-ring (bicyclic) bond motifs is 1. The molecule has 0 aliphatic carbocycles. The topological polar surface area (TPSA) is 37.5 Å². The predicted molar refractivity (Wildman–Crippen MR) is 77.5 cm³/mol. The highest BCUT2D eigenvalue weighted by molar-refractivity contribution is 7.15. The summed E-state index contributed by atoms with van der Waals surface area (Å²) in [5, 5.41) is 11.5. The molecule has 0 spiro atoms. The summed E-state index contributed by atoms with van der Waals surface area (Å²) >= 11 is 1.59. The molecule has 0 aliphatic rings. The Labute approximate surface area is 120 Å². The van der Waals surface area contributed by atoms with Gasteiger partial charge in [-0.3, -0.25) is 4.40 Å². The van der Waals surface area contributed by atoms with E-state index in [2.05, 4.69) is 4.98 Å². The normalized spacial score (nSPS) is 12.9. The molecule has 2 aromatic heterocycles. The highest BCUT2D eigenvalue weighted by Crippen LogP contribution is 2.17. The van der Waals surface area contributed by atoms with E-state index < -0.39 is 0 Å². The van der Waals surface area contributed by atoms with Gasteiger partial charge in [0.05, 0.1) is 5.69 Å². The van der Waals surface area contributed by atoms with Crippen molar-refractivity contribution in [3.05, 3.63) is 59.1 Å². The van der Waals surface area contributed by atoms with E-state index in [1.54, 1.807) is 17.4 Å². The predicted octanol–water partition coefficient (Wildman–Crippen LogP) is 2.93. The molecule has 3 nitrogen and oxygen atoms in total. The highest BCUT2D eigenvalue weighted by atomic mass is 32.1. The molecule has 3 rings (SSSR count). The number of imidazole rings is 1. The van der Waals surface area contributed by atoms with Crippen LogP contribution in [0.3, 0.4) is 0 Å². The van der Waals surface area contributed by atoms with E-state index in [1.807, 2.05) is 28.2 Å². The molecule has 0 aliphatic heterocycles. The number of aliphatic hydroxyl groups is 1. The van der Waals surface area contributed by atoms with Crippen LogP contribution >= 0.6 is 11.3 Å². The third kappa shape index (κ3) is 2.89. The molecule has 5 heteroatoms. The first kappa shape index (κ1) is 13.3. The number of aromatic nitrogens is 2. The lowest BCUT2D eigenvalue weighted by Gasteiger charge is -2.12. The summed E-state index contributed by atoms with van der Waals surface area (Å²) in [6.45, 7) is 0.0711. The van der Waals surface area contributed by atoms with Crippen LogP contribution in [0.25, 0.3) is 4.96 Å². The fourth-order valence-corrected chi connectivity index (χ4v) is 3.09. The molecule has 104 valence electrons. The van der Waals surface area contributed by atoms with Gasteiger partial charge < -0.3 is 5.11 Å². The zero-order valence-corrected chi connectivity index (χ0v) is 11.7. The van der Waals surface area contributed by atoms with Crippen molar-refractivity contribution < 1.29 is 9.50 Å². The number of benzene rings is 1. The fraction of sp³-hybridized carbons (Fsp3) is 0.267.